The number of carbonyl (C=O) groups excluding carboxylic acids is 1. The van der Waals surface area contributed by atoms with Gasteiger partial charge in [0.15, 0.2) is 0 Å². The molecule has 0 spiro atoms. The molecule has 2 aromatic carbocycles. The third-order valence-electron chi connectivity index (χ3n) is 5.08. The number of imidazole rings is 1. The van der Waals surface area contributed by atoms with Crippen molar-refractivity contribution in [2.24, 2.45) is 0 Å². The molecule has 0 aliphatic carbocycles. The average molecular weight is 380 g/mol. The molecule has 1 aliphatic rings. The maximum absolute atomic E-state index is 12.0. The largest absolute Gasteiger partial charge is 0.460 e. The molecule has 28 heavy (non-hydrogen) atoms. The summed E-state index contributed by atoms with van der Waals surface area (Å²) in [6, 6.07) is 13.8. The number of ether oxygens (including phenoxy) is 1. The number of piperazine rings is 1. The summed E-state index contributed by atoms with van der Waals surface area (Å²) in [4.78, 5) is 21.2. The number of likely N-dealkylation sites (N-methyl/N-ethyl adjacent to an activating group) is 1. The van der Waals surface area contributed by atoms with Gasteiger partial charge in [-0.2, -0.15) is 0 Å². The molecule has 0 radical (unpaired) electrons. The molecule has 1 aromatic heterocycles. The number of anilines is 1. The lowest BCUT2D eigenvalue weighted by atomic mass is 10.2. The Morgan fingerprint density at radius 1 is 1.11 bits per heavy atom. The first-order valence-corrected chi connectivity index (χ1v) is 9.45. The van der Waals surface area contributed by atoms with Gasteiger partial charge in [-0.05, 0) is 43.4 Å². The summed E-state index contributed by atoms with van der Waals surface area (Å²) in [6.45, 7) is 3.96. The number of hydrogen-bond donors (Lipinski definition) is 1. The number of nitrogens with zero attached hydrogens (tertiary/aromatic N) is 4. The molecule has 1 N–H and O–H groups in total. The molecule has 0 atom stereocenters. The Bertz CT molecular complexity index is 977. The third kappa shape index (κ3) is 3.72. The zero-order chi connectivity index (χ0) is 19.5. The summed E-state index contributed by atoms with van der Waals surface area (Å²) < 4.78 is 7.00. The van der Waals surface area contributed by atoms with Crippen molar-refractivity contribution in [1.82, 2.24) is 14.5 Å². The number of fused-ring (bicyclic) bond motifs is 1. The predicted octanol–water partition coefficient (Wildman–Crippen LogP) is 1.93. The Kier molecular flexibility index (Phi) is 5.27. The number of carbonyl (C=O) groups is 1. The van der Waals surface area contributed by atoms with Gasteiger partial charge in [0.2, 0.25) is 0 Å². The number of aromatic nitrogens is 2. The van der Waals surface area contributed by atoms with E-state index < -0.39 is 5.97 Å². The molecule has 146 valence electrons. The van der Waals surface area contributed by atoms with E-state index in [4.69, 9.17) is 9.84 Å². The molecule has 0 saturated carbocycles. The van der Waals surface area contributed by atoms with Crippen LogP contribution in [0.15, 0.2) is 48.8 Å². The van der Waals surface area contributed by atoms with Crippen molar-refractivity contribution in [3.63, 3.8) is 0 Å². The van der Waals surface area contributed by atoms with Gasteiger partial charge in [0.05, 0.1) is 23.2 Å². The van der Waals surface area contributed by atoms with Crippen LogP contribution < -0.4 is 4.90 Å². The van der Waals surface area contributed by atoms with E-state index in [0.717, 1.165) is 42.9 Å². The molecule has 7 nitrogen and oxygen atoms in total. The summed E-state index contributed by atoms with van der Waals surface area (Å²) in [6.07, 6.45) is 1.77. The fourth-order valence-electron chi connectivity index (χ4n) is 3.47. The molecule has 0 unspecified atom stereocenters. The monoisotopic (exact) mass is 380 g/mol. The van der Waals surface area contributed by atoms with E-state index in [1.54, 1.807) is 18.5 Å². The van der Waals surface area contributed by atoms with Crippen molar-refractivity contribution < 1.29 is 14.6 Å². The summed E-state index contributed by atoms with van der Waals surface area (Å²) in [7, 11) is 2.15. The highest BCUT2D eigenvalue weighted by molar-refractivity contribution is 5.94. The van der Waals surface area contributed by atoms with Gasteiger partial charge in [-0.3, -0.25) is 4.57 Å². The first-order chi connectivity index (χ1) is 13.7. The van der Waals surface area contributed by atoms with E-state index in [2.05, 4.69) is 46.1 Å². The van der Waals surface area contributed by atoms with E-state index in [1.807, 2.05) is 10.6 Å². The minimum absolute atomic E-state index is 0.00953. The third-order valence-corrected chi connectivity index (χ3v) is 5.08. The quantitative estimate of drug-likeness (QED) is 0.682. The van der Waals surface area contributed by atoms with Gasteiger partial charge in [0, 0.05) is 37.6 Å². The average Bonchev–Trinajstić information content (AvgIpc) is 3.16. The first-order valence-electron chi connectivity index (χ1n) is 9.45. The van der Waals surface area contributed by atoms with Crippen molar-refractivity contribution in [1.29, 1.82) is 0 Å². The molecular weight excluding hydrogens is 356 g/mol. The molecule has 2 heterocycles. The van der Waals surface area contributed by atoms with Crippen molar-refractivity contribution in [2.75, 3.05) is 51.3 Å². The topological polar surface area (TPSA) is 70.8 Å². The van der Waals surface area contributed by atoms with Crippen LogP contribution in [0.25, 0.3) is 16.7 Å². The highest BCUT2D eigenvalue weighted by Gasteiger charge is 2.15. The SMILES string of the molecule is CN1CCN(c2cccc(-n3cnc4cc(C(=O)OCCO)ccc43)c2)CC1. The first kappa shape index (κ1) is 18.5. The highest BCUT2D eigenvalue weighted by atomic mass is 16.5. The van der Waals surface area contributed by atoms with Crippen molar-refractivity contribution >= 4 is 22.7 Å². The molecule has 0 amide bonds. The molecule has 7 heteroatoms. The van der Waals surface area contributed by atoms with Crippen LogP contribution in [-0.2, 0) is 4.74 Å². The Morgan fingerprint density at radius 2 is 1.89 bits per heavy atom. The van der Waals surface area contributed by atoms with Gasteiger partial charge < -0.3 is 19.6 Å². The van der Waals surface area contributed by atoms with Gasteiger partial charge in [-0.25, -0.2) is 9.78 Å². The van der Waals surface area contributed by atoms with Crippen LogP contribution in [-0.4, -0.2) is 72.0 Å². The predicted molar refractivity (Wildman–Crippen MR) is 108 cm³/mol. The Hall–Kier alpha value is -2.90. The van der Waals surface area contributed by atoms with E-state index in [1.165, 1.54) is 5.69 Å². The number of hydrogen-bond acceptors (Lipinski definition) is 6. The van der Waals surface area contributed by atoms with E-state index >= 15 is 0 Å². The van der Waals surface area contributed by atoms with E-state index in [-0.39, 0.29) is 13.2 Å². The molecule has 1 aliphatic heterocycles. The Balaban J connectivity index is 1.61. The lowest BCUT2D eigenvalue weighted by Crippen LogP contribution is -2.44. The number of rotatable bonds is 5. The minimum Gasteiger partial charge on any atom is -0.460 e. The summed E-state index contributed by atoms with van der Waals surface area (Å²) in [5, 5.41) is 8.79. The number of esters is 1. The second-order valence-corrected chi connectivity index (χ2v) is 6.99. The van der Waals surface area contributed by atoms with E-state index in [0.29, 0.717) is 5.56 Å². The van der Waals surface area contributed by atoms with Gasteiger partial charge in [-0.1, -0.05) is 6.07 Å². The number of aliphatic hydroxyl groups is 1. The molecule has 1 saturated heterocycles. The lowest BCUT2D eigenvalue weighted by Gasteiger charge is -2.34. The molecule has 4 rings (SSSR count). The number of aliphatic hydroxyl groups excluding tert-OH is 1. The van der Waals surface area contributed by atoms with Crippen molar-refractivity contribution in [3.05, 3.63) is 54.4 Å². The van der Waals surface area contributed by atoms with E-state index in [9.17, 15) is 4.79 Å². The fraction of sp³-hybridized carbons (Fsp3) is 0.333. The maximum atomic E-state index is 12.0. The second kappa shape index (κ2) is 8.00. The lowest BCUT2D eigenvalue weighted by molar-refractivity contribution is 0.0434. The van der Waals surface area contributed by atoms with Gasteiger partial charge in [0.1, 0.15) is 12.9 Å². The summed E-state index contributed by atoms with van der Waals surface area (Å²) in [5.74, 6) is -0.456. The van der Waals surface area contributed by atoms with Crippen LogP contribution in [0.2, 0.25) is 0 Å². The highest BCUT2D eigenvalue weighted by Crippen LogP contribution is 2.24. The van der Waals surface area contributed by atoms with Gasteiger partial charge >= 0.3 is 5.97 Å². The Labute approximate surface area is 163 Å². The molecule has 3 aromatic rings. The minimum atomic E-state index is -0.456. The standard InChI is InChI=1S/C21H24N4O3/c1-23-7-9-24(10-8-23)17-3-2-4-18(14-17)25-15-22-19-13-16(5-6-20(19)25)21(27)28-12-11-26/h2-6,13-15,26H,7-12H2,1H3. The normalized spacial score (nSPS) is 15.1. The molecule has 1 fully saturated rings. The van der Waals surface area contributed by atoms with Crippen LogP contribution in [0.1, 0.15) is 10.4 Å². The van der Waals surface area contributed by atoms with Crippen LogP contribution in [0.3, 0.4) is 0 Å². The summed E-state index contributed by atoms with van der Waals surface area (Å²) >= 11 is 0. The molecular formula is C21H24N4O3. The maximum Gasteiger partial charge on any atom is 0.338 e. The second-order valence-electron chi connectivity index (χ2n) is 6.99. The van der Waals surface area contributed by atoms with Crippen molar-refractivity contribution in [3.8, 4) is 5.69 Å². The smallest absolute Gasteiger partial charge is 0.338 e. The fourth-order valence-corrected chi connectivity index (χ4v) is 3.47. The van der Waals surface area contributed by atoms with Crippen LogP contribution in [0, 0.1) is 0 Å². The van der Waals surface area contributed by atoms with Crippen molar-refractivity contribution in [2.45, 2.75) is 0 Å². The Morgan fingerprint density at radius 3 is 2.68 bits per heavy atom. The van der Waals surface area contributed by atoms with Crippen LogP contribution in [0.4, 0.5) is 5.69 Å². The van der Waals surface area contributed by atoms with Gasteiger partial charge in [0.25, 0.3) is 0 Å². The zero-order valence-corrected chi connectivity index (χ0v) is 15.9. The molecule has 0 bridgehead atoms. The van der Waals surface area contributed by atoms with Gasteiger partial charge in [-0.15, -0.1) is 0 Å². The van der Waals surface area contributed by atoms with Crippen LogP contribution in [0.5, 0.6) is 0 Å². The summed E-state index contributed by atoms with van der Waals surface area (Å²) in [5.41, 5.74) is 4.32. The number of benzene rings is 2. The zero-order valence-electron chi connectivity index (χ0n) is 15.9. The van der Waals surface area contributed by atoms with Crippen LogP contribution >= 0.6 is 0 Å².